The highest BCUT2D eigenvalue weighted by atomic mass is 16.2. The molecule has 2 heteroatoms. The van der Waals surface area contributed by atoms with Crippen LogP contribution in [0.2, 0.25) is 0 Å². The summed E-state index contributed by atoms with van der Waals surface area (Å²) in [7, 11) is 0. The van der Waals surface area contributed by atoms with E-state index in [1.54, 1.807) is 0 Å². The van der Waals surface area contributed by atoms with Gasteiger partial charge in [-0.3, -0.25) is 4.79 Å². The Bertz CT molecular complexity index is 387. The zero-order chi connectivity index (χ0) is 14.1. The molecule has 19 heavy (non-hydrogen) atoms. The summed E-state index contributed by atoms with van der Waals surface area (Å²) in [6.07, 6.45) is 6.64. The van der Waals surface area contributed by atoms with Crippen LogP contribution in [0.25, 0.3) is 0 Å². The summed E-state index contributed by atoms with van der Waals surface area (Å²) in [5.41, 5.74) is 2.23. The molecule has 1 amide bonds. The largest absolute Gasteiger partial charge is 0.313 e. The summed E-state index contributed by atoms with van der Waals surface area (Å²) in [5, 5.41) is 0. The van der Waals surface area contributed by atoms with Gasteiger partial charge in [-0.15, -0.1) is 0 Å². The van der Waals surface area contributed by atoms with Gasteiger partial charge in [0.2, 0.25) is 5.91 Å². The minimum atomic E-state index is 0.254. The number of amides is 1. The molecule has 1 rings (SSSR count). The number of carbonyl (C=O) groups is 1. The van der Waals surface area contributed by atoms with Gasteiger partial charge < -0.3 is 4.90 Å². The Morgan fingerprint density at radius 1 is 1.11 bits per heavy atom. The lowest BCUT2D eigenvalue weighted by Gasteiger charge is -2.21. The molecule has 1 aromatic carbocycles. The molecule has 106 valence electrons. The predicted octanol–water partition coefficient (Wildman–Crippen LogP) is 4.71. The van der Waals surface area contributed by atoms with E-state index in [9.17, 15) is 4.79 Å². The van der Waals surface area contributed by atoms with Crippen LogP contribution in [0, 0.1) is 6.92 Å². The Kier molecular flexibility index (Phi) is 7.24. The maximum atomic E-state index is 12.2. The summed E-state index contributed by atoms with van der Waals surface area (Å²) in [5.74, 6) is 0.254. The third-order valence-corrected chi connectivity index (χ3v) is 3.42. The van der Waals surface area contributed by atoms with E-state index in [1.807, 2.05) is 24.0 Å². The molecule has 0 saturated heterocycles. The highest BCUT2D eigenvalue weighted by molar-refractivity contribution is 5.93. The molecular weight excluding hydrogens is 234 g/mol. The van der Waals surface area contributed by atoms with Gasteiger partial charge in [0.05, 0.1) is 0 Å². The van der Waals surface area contributed by atoms with Crippen molar-refractivity contribution in [2.45, 2.75) is 59.3 Å². The molecule has 0 unspecified atom stereocenters. The minimum Gasteiger partial charge on any atom is -0.313 e. The first-order valence-corrected chi connectivity index (χ1v) is 7.56. The van der Waals surface area contributed by atoms with Crippen molar-refractivity contribution in [2.24, 2.45) is 0 Å². The molecule has 0 atom stereocenters. The first kappa shape index (κ1) is 15.7. The molecule has 0 fully saturated rings. The molecular formula is C17H27NO. The fourth-order valence-electron chi connectivity index (χ4n) is 2.31. The standard InChI is InChI=1S/C17H27NO/c1-4-6-7-8-9-13-17(19)18(5-2)16-12-10-11-15(3)14-16/h10-12,14H,4-9,13H2,1-3H3. The highest BCUT2D eigenvalue weighted by Gasteiger charge is 2.13. The summed E-state index contributed by atoms with van der Waals surface area (Å²) < 4.78 is 0. The lowest BCUT2D eigenvalue weighted by Crippen LogP contribution is -2.30. The molecule has 0 radical (unpaired) electrons. The monoisotopic (exact) mass is 261 g/mol. The number of rotatable bonds is 8. The Hall–Kier alpha value is -1.31. The summed E-state index contributed by atoms with van der Waals surface area (Å²) in [6.45, 7) is 7.06. The van der Waals surface area contributed by atoms with Crippen molar-refractivity contribution in [3.63, 3.8) is 0 Å². The van der Waals surface area contributed by atoms with Crippen LogP contribution in [0.15, 0.2) is 24.3 Å². The van der Waals surface area contributed by atoms with Crippen LogP contribution >= 0.6 is 0 Å². The molecule has 0 aliphatic rings. The summed E-state index contributed by atoms with van der Waals surface area (Å²) in [6, 6.07) is 8.18. The molecule has 0 aliphatic carbocycles. The molecule has 0 heterocycles. The number of unbranched alkanes of at least 4 members (excludes halogenated alkanes) is 4. The van der Waals surface area contributed by atoms with Gasteiger partial charge in [-0.25, -0.2) is 0 Å². The average Bonchev–Trinajstić information content (AvgIpc) is 2.39. The van der Waals surface area contributed by atoms with E-state index in [1.165, 1.54) is 31.2 Å². The van der Waals surface area contributed by atoms with E-state index in [2.05, 4.69) is 26.0 Å². The average molecular weight is 261 g/mol. The molecule has 0 bridgehead atoms. The van der Waals surface area contributed by atoms with Crippen molar-refractivity contribution in [1.29, 1.82) is 0 Å². The number of benzene rings is 1. The van der Waals surface area contributed by atoms with Crippen LogP contribution in [0.4, 0.5) is 5.69 Å². The zero-order valence-electron chi connectivity index (χ0n) is 12.6. The SMILES string of the molecule is CCCCCCCC(=O)N(CC)c1cccc(C)c1. The minimum absolute atomic E-state index is 0.254. The maximum Gasteiger partial charge on any atom is 0.226 e. The zero-order valence-corrected chi connectivity index (χ0v) is 12.6. The lowest BCUT2D eigenvalue weighted by atomic mass is 10.1. The van der Waals surface area contributed by atoms with Crippen LogP contribution in [-0.4, -0.2) is 12.5 Å². The van der Waals surface area contributed by atoms with Gasteiger partial charge >= 0.3 is 0 Å². The third-order valence-electron chi connectivity index (χ3n) is 3.42. The number of anilines is 1. The van der Waals surface area contributed by atoms with Crippen molar-refractivity contribution >= 4 is 11.6 Å². The van der Waals surface area contributed by atoms with Gasteiger partial charge in [0.1, 0.15) is 0 Å². The van der Waals surface area contributed by atoms with Crippen molar-refractivity contribution in [3.05, 3.63) is 29.8 Å². The van der Waals surface area contributed by atoms with Crippen molar-refractivity contribution in [3.8, 4) is 0 Å². The Labute approximate surface area is 117 Å². The molecule has 1 aromatic rings. The first-order valence-electron chi connectivity index (χ1n) is 7.56. The number of hydrogen-bond acceptors (Lipinski definition) is 1. The second-order valence-electron chi connectivity index (χ2n) is 5.14. The van der Waals surface area contributed by atoms with E-state index < -0.39 is 0 Å². The lowest BCUT2D eigenvalue weighted by molar-refractivity contribution is -0.118. The number of nitrogens with zero attached hydrogens (tertiary/aromatic N) is 1. The Morgan fingerprint density at radius 2 is 1.84 bits per heavy atom. The summed E-state index contributed by atoms with van der Waals surface area (Å²) in [4.78, 5) is 14.1. The van der Waals surface area contributed by atoms with Gasteiger partial charge in [0, 0.05) is 18.7 Å². The van der Waals surface area contributed by atoms with Crippen LogP contribution in [0.1, 0.15) is 57.9 Å². The predicted molar refractivity (Wildman–Crippen MR) is 82.6 cm³/mol. The van der Waals surface area contributed by atoms with Crippen LogP contribution < -0.4 is 4.90 Å². The van der Waals surface area contributed by atoms with Crippen molar-refractivity contribution < 1.29 is 4.79 Å². The smallest absolute Gasteiger partial charge is 0.226 e. The molecule has 0 aliphatic heterocycles. The number of aryl methyl sites for hydroxylation is 1. The first-order chi connectivity index (χ1) is 9.19. The van der Waals surface area contributed by atoms with E-state index in [0.29, 0.717) is 6.42 Å². The molecule has 0 N–H and O–H groups in total. The molecule has 0 aromatic heterocycles. The van der Waals surface area contributed by atoms with E-state index in [0.717, 1.165) is 18.7 Å². The fraction of sp³-hybridized carbons (Fsp3) is 0.588. The van der Waals surface area contributed by atoms with Gasteiger partial charge in [-0.05, 0) is 38.0 Å². The van der Waals surface area contributed by atoms with Crippen LogP contribution in [0.3, 0.4) is 0 Å². The van der Waals surface area contributed by atoms with Crippen LogP contribution in [0.5, 0.6) is 0 Å². The molecule has 0 spiro atoms. The molecule has 2 nitrogen and oxygen atoms in total. The van der Waals surface area contributed by atoms with Gasteiger partial charge in [-0.1, -0.05) is 44.7 Å². The topological polar surface area (TPSA) is 20.3 Å². The number of hydrogen-bond donors (Lipinski definition) is 0. The highest BCUT2D eigenvalue weighted by Crippen LogP contribution is 2.17. The second-order valence-corrected chi connectivity index (χ2v) is 5.14. The Balaban J connectivity index is 2.48. The van der Waals surface area contributed by atoms with E-state index in [4.69, 9.17) is 0 Å². The van der Waals surface area contributed by atoms with Crippen LogP contribution in [-0.2, 0) is 4.79 Å². The van der Waals surface area contributed by atoms with E-state index >= 15 is 0 Å². The third kappa shape index (κ3) is 5.46. The van der Waals surface area contributed by atoms with E-state index in [-0.39, 0.29) is 5.91 Å². The van der Waals surface area contributed by atoms with Gasteiger partial charge in [0.25, 0.3) is 0 Å². The maximum absolute atomic E-state index is 12.2. The molecule has 0 saturated carbocycles. The normalized spacial score (nSPS) is 10.5. The van der Waals surface area contributed by atoms with Gasteiger partial charge in [-0.2, -0.15) is 0 Å². The quantitative estimate of drug-likeness (QED) is 0.621. The summed E-state index contributed by atoms with van der Waals surface area (Å²) >= 11 is 0. The Morgan fingerprint density at radius 3 is 2.47 bits per heavy atom. The van der Waals surface area contributed by atoms with Crippen molar-refractivity contribution in [1.82, 2.24) is 0 Å². The fourth-order valence-corrected chi connectivity index (χ4v) is 2.31. The van der Waals surface area contributed by atoms with Crippen molar-refractivity contribution in [2.75, 3.05) is 11.4 Å². The number of carbonyl (C=O) groups excluding carboxylic acids is 1. The van der Waals surface area contributed by atoms with Gasteiger partial charge in [0.15, 0.2) is 0 Å². The second kappa shape index (κ2) is 8.73.